The first-order chi connectivity index (χ1) is 17.5. The topological polar surface area (TPSA) is 117 Å². The van der Waals surface area contributed by atoms with E-state index in [9.17, 15) is 23.1 Å². The Morgan fingerprint density at radius 3 is 2.62 bits per heavy atom. The number of alkyl halides is 3. The number of anilines is 2. The number of benzene rings is 1. The summed E-state index contributed by atoms with van der Waals surface area (Å²) < 4.78 is 60.3. The smallest absolute Gasteiger partial charge is 0.391 e. The Morgan fingerprint density at radius 1 is 1.24 bits per heavy atom. The molecule has 0 spiro atoms. The Balaban J connectivity index is 1.50. The molecule has 0 unspecified atom stereocenters. The Bertz CT molecular complexity index is 1090. The molecule has 0 radical (unpaired) electrons. The fourth-order valence-electron chi connectivity index (χ4n) is 4.86. The maximum atomic E-state index is 15.7. The SMILES string of the molecule is C[C@@H]1COC[C@H](c2ccc(C(F)(F)F)cc2)N1c1ncnc(NC[C@H]2CCN(CC(N)=O)C[C@@H]2O)c1F. The predicted molar refractivity (Wildman–Crippen MR) is 127 cm³/mol. The number of aliphatic hydroxyl groups excluding tert-OH is 1. The number of nitrogens with zero attached hydrogens (tertiary/aromatic N) is 4. The number of likely N-dealkylation sites (tertiary alicyclic amines) is 1. The van der Waals surface area contributed by atoms with Crippen molar-refractivity contribution in [3.63, 3.8) is 0 Å². The Hall–Kier alpha value is -3.03. The molecule has 9 nitrogen and oxygen atoms in total. The number of hydrogen-bond donors (Lipinski definition) is 3. The van der Waals surface area contributed by atoms with Crippen LogP contribution in [0.4, 0.5) is 29.2 Å². The van der Waals surface area contributed by atoms with Gasteiger partial charge in [0.05, 0.1) is 43.5 Å². The van der Waals surface area contributed by atoms with Crippen molar-refractivity contribution in [3.8, 4) is 0 Å². The van der Waals surface area contributed by atoms with Gasteiger partial charge in [0.25, 0.3) is 0 Å². The van der Waals surface area contributed by atoms with Gasteiger partial charge in [0.2, 0.25) is 11.7 Å². The number of primary amides is 1. The molecular weight excluding hydrogens is 496 g/mol. The molecule has 4 atom stereocenters. The standard InChI is InChI=1S/C24H30F4N6O3/c1-14-11-37-12-18(15-2-4-17(5-3-15)24(26,27)28)34(14)23-21(25)22(31-13-32-23)30-8-16-6-7-33(9-19(16)35)10-20(29)36/h2-5,13-14,16,18-19,35H,6-12H2,1H3,(H2,29,36)(H,30,31,32)/t14-,16-,18-,19+/m1/s1. The molecule has 3 heterocycles. The van der Waals surface area contributed by atoms with E-state index in [-0.39, 0.29) is 49.8 Å². The Labute approximate surface area is 211 Å². The van der Waals surface area contributed by atoms with E-state index in [2.05, 4.69) is 15.3 Å². The van der Waals surface area contributed by atoms with Gasteiger partial charge in [-0.05, 0) is 37.6 Å². The van der Waals surface area contributed by atoms with Crippen LogP contribution in [0.15, 0.2) is 30.6 Å². The monoisotopic (exact) mass is 526 g/mol. The number of ether oxygens (including phenoxy) is 1. The minimum absolute atomic E-state index is 0.00928. The van der Waals surface area contributed by atoms with Crippen molar-refractivity contribution in [2.75, 3.05) is 49.6 Å². The number of carbonyl (C=O) groups is 1. The van der Waals surface area contributed by atoms with Crippen molar-refractivity contribution in [1.29, 1.82) is 0 Å². The highest BCUT2D eigenvalue weighted by atomic mass is 19.4. The lowest BCUT2D eigenvalue weighted by Gasteiger charge is -2.41. The van der Waals surface area contributed by atoms with E-state index in [0.29, 0.717) is 25.1 Å². The van der Waals surface area contributed by atoms with Crippen molar-refractivity contribution >= 4 is 17.5 Å². The average molecular weight is 527 g/mol. The number of halogens is 4. The van der Waals surface area contributed by atoms with Crippen LogP contribution in [0.1, 0.15) is 30.5 Å². The Morgan fingerprint density at radius 2 is 1.97 bits per heavy atom. The van der Waals surface area contributed by atoms with Crippen LogP contribution in [-0.2, 0) is 15.7 Å². The summed E-state index contributed by atoms with van der Waals surface area (Å²) in [5.74, 6) is -1.39. The molecule has 2 aliphatic heterocycles. The van der Waals surface area contributed by atoms with Gasteiger partial charge in [0, 0.05) is 19.0 Å². The van der Waals surface area contributed by atoms with Crippen molar-refractivity contribution in [2.24, 2.45) is 11.7 Å². The molecule has 2 saturated heterocycles. The van der Waals surface area contributed by atoms with Crippen LogP contribution in [0.25, 0.3) is 0 Å². The maximum absolute atomic E-state index is 15.7. The number of nitrogens with one attached hydrogen (secondary N) is 1. The zero-order valence-electron chi connectivity index (χ0n) is 20.3. The summed E-state index contributed by atoms with van der Waals surface area (Å²) in [6.45, 7) is 3.44. The molecule has 4 N–H and O–H groups in total. The first kappa shape index (κ1) is 27.0. The molecule has 1 aromatic carbocycles. The fraction of sp³-hybridized carbons (Fsp3) is 0.542. The van der Waals surface area contributed by atoms with Gasteiger partial charge in [0.15, 0.2) is 11.6 Å². The number of morpholine rings is 1. The van der Waals surface area contributed by atoms with Gasteiger partial charge in [-0.15, -0.1) is 0 Å². The van der Waals surface area contributed by atoms with E-state index in [4.69, 9.17) is 10.5 Å². The van der Waals surface area contributed by atoms with Crippen LogP contribution in [0, 0.1) is 11.7 Å². The van der Waals surface area contributed by atoms with Crippen LogP contribution >= 0.6 is 0 Å². The number of nitrogens with two attached hydrogens (primary N) is 1. The van der Waals surface area contributed by atoms with Crippen LogP contribution in [0.3, 0.4) is 0 Å². The Kier molecular flexibility index (Phi) is 8.14. The summed E-state index contributed by atoms with van der Waals surface area (Å²) in [6.07, 6.45) is -3.39. The zero-order chi connectivity index (χ0) is 26.7. The van der Waals surface area contributed by atoms with Gasteiger partial charge in [-0.3, -0.25) is 9.69 Å². The molecule has 2 fully saturated rings. The van der Waals surface area contributed by atoms with Crippen molar-refractivity contribution in [3.05, 3.63) is 47.5 Å². The quantitative estimate of drug-likeness (QED) is 0.470. The van der Waals surface area contributed by atoms with Gasteiger partial charge in [-0.25, -0.2) is 9.97 Å². The largest absolute Gasteiger partial charge is 0.416 e. The van der Waals surface area contributed by atoms with Crippen molar-refractivity contribution < 1.29 is 32.2 Å². The highest BCUT2D eigenvalue weighted by Gasteiger charge is 2.35. The van der Waals surface area contributed by atoms with Gasteiger partial charge in [-0.2, -0.15) is 17.6 Å². The minimum atomic E-state index is -4.46. The van der Waals surface area contributed by atoms with Crippen molar-refractivity contribution in [2.45, 2.75) is 37.7 Å². The average Bonchev–Trinajstić information content (AvgIpc) is 2.84. The van der Waals surface area contributed by atoms with E-state index in [1.54, 1.807) is 9.80 Å². The molecule has 0 aliphatic carbocycles. The van der Waals surface area contributed by atoms with Gasteiger partial charge in [-0.1, -0.05) is 12.1 Å². The normalized spacial score (nSPS) is 25.2. The highest BCUT2D eigenvalue weighted by Crippen LogP contribution is 2.36. The van der Waals surface area contributed by atoms with Gasteiger partial charge < -0.3 is 25.8 Å². The summed E-state index contributed by atoms with van der Waals surface area (Å²) in [4.78, 5) is 22.8. The highest BCUT2D eigenvalue weighted by molar-refractivity contribution is 5.75. The zero-order valence-corrected chi connectivity index (χ0v) is 20.3. The summed E-state index contributed by atoms with van der Waals surface area (Å²) >= 11 is 0. The fourth-order valence-corrected chi connectivity index (χ4v) is 4.86. The molecule has 2 aliphatic rings. The maximum Gasteiger partial charge on any atom is 0.416 e. The van der Waals surface area contributed by atoms with Crippen molar-refractivity contribution in [1.82, 2.24) is 14.9 Å². The van der Waals surface area contributed by atoms with Crippen LogP contribution < -0.4 is 16.0 Å². The van der Waals surface area contributed by atoms with E-state index < -0.39 is 35.6 Å². The second-order valence-corrected chi connectivity index (χ2v) is 9.49. The lowest BCUT2D eigenvalue weighted by molar-refractivity contribution is -0.137. The molecule has 13 heteroatoms. The van der Waals surface area contributed by atoms with E-state index >= 15 is 4.39 Å². The van der Waals surface area contributed by atoms with E-state index in [0.717, 1.165) is 12.1 Å². The van der Waals surface area contributed by atoms with Crippen LogP contribution in [0.5, 0.6) is 0 Å². The third-order valence-electron chi connectivity index (χ3n) is 6.80. The van der Waals surface area contributed by atoms with E-state index in [1.807, 2.05) is 6.92 Å². The first-order valence-electron chi connectivity index (χ1n) is 12.0. The molecule has 37 heavy (non-hydrogen) atoms. The summed E-state index contributed by atoms with van der Waals surface area (Å²) in [6, 6.07) is 3.86. The number of hydrogen-bond acceptors (Lipinski definition) is 8. The number of amides is 1. The van der Waals surface area contributed by atoms with Crippen LogP contribution in [-0.4, -0.2) is 77.4 Å². The third-order valence-corrected chi connectivity index (χ3v) is 6.80. The molecule has 2 aromatic rings. The molecule has 202 valence electrons. The minimum Gasteiger partial charge on any atom is -0.391 e. The molecule has 1 amide bonds. The van der Waals surface area contributed by atoms with Gasteiger partial charge in [0.1, 0.15) is 6.33 Å². The molecule has 4 rings (SSSR count). The van der Waals surface area contributed by atoms with Crippen LogP contribution in [0.2, 0.25) is 0 Å². The number of aliphatic hydroxyl groups is 1. The van der Waals surface area contributed by atoms with E-state index in [1.165, 1.54) is 18.5 Å². The molecule has 1 aromatic heterocycles. The predicted octanol–water partition coefficient (Wildman–Crippen LogP) is 2.18. The third kappa shape index (κ3) is 6.28. The lowest BCUT2D eigenvalue weighted by Crippen LogP contribution is -2.48. The first-order valence-corrected chi connectivity index (χ1v) is 12.0. The number of aromatic nitrogens is 2. The summed E-state index contributed by atoms with van der Waals surface area (Å²) in [5, 5.41) is 13.4. The number of rotatable bonds is 7. The molecular formula is C24H30F4N6O3. The second kappa shape index (κ2) is 11.2. The number of piperidine rings is 1. The second-order valence-electron chi connectivity index (χ2n) is 9.49. The number of β-amino-alcohol motifs (C(OH)–C–C–N with tert-alkyl or cyclic N) is 1. The molecule has 0 saturated carbocycles. The number of carbonyl (C=O) groups excluding carboxylic acids is 1. The summed E-state index contributed by atoms with van der Waals surface area (Å²) in [5.41, 5.74) is 4.99. The van der Waals surface area contributed by atoms with Gasteiger partial charge >= 0.3 is 6.18 Å². The lowest BCUT2D eigenvalue weighted by atomic mass is 9.93. The summed E-state index contributed by atoms with van der Waals surface area (Å²) in [7, 11) is 0. The molecule has 0 bridgehead atoms.